The molecule has 0 aliphatic carbocycles. The van der Waals surface area contributed by atoms with Gasteiger partial charge in [0.15, 0.2) is 0 Å². The molecular formula is C24H37N3O. The van der Waals surface area contributed by atoms with Crippen molar-refractivity contribution >= 4 is 5.71 Å². The maximum atomic E-state index is 10.3. The molecular weight excluding hydrogens is 346 g/mol. The highest BCUT2D eigenvalue weighted by atomic mass is 16.3. The number of phenolic OH excluding ortho intramolecular Hbond substituents is 1. The van der Waals surface area contributed by atoms with Crippen molar-refractivity contribution in [2.45, 2.75) is 53.4 Å². The first kappa shape index (κ1) is 23.5. The van der Waals surface area contributed by atoms with E-state index >= 15 is 0 Å². The second-order valence-corrected chi connectivity index (χ2v) is 7.09. The van der Waals surface area contributed by atoms with Gasteiger partial charge in [-0.05, 0) is 50.5 Å². The van der Waals surface area contributed by atoms with Crippen molar-refractivity contribution in [3.63, 3.8) is 0 Å². The van der Waals surface area contributed by atoms with Crippen LogP contribution in [0.15, 0.2) is 65.1 Å². The van der Waals surface area contributed by atoms with Crippen molar-refractivity contribution in [3.8, 4) is 5.75 Å². The van der Waals surface area contributed by atoms with Gasteiger partial charge in [-0.25, -0.2) is 0 Å². The van der Waals surface area contributed by atoms with Gasteiger partial charge >= 0.3 is 0 Å². The number of hydrogen-bond donors (Lipinski definition) is 3. The molecule has 1 unspecified atom stereocenters. The summed E-state index contributed by atoms with van der Waals surface area (Å²) in [5.74, 6) is 0.893. The number of allylic oxidation sites excluding steroid dienone is 4. The quantitative estimate of drug-likeness (QED) is 0.329. The largest absolute Gasteiger partial charge is 0.507 e. The molecule has 4 nitrogen and oxygen atoms in total. The summed E-state index contributed by atoms with van der Waals surface area (Å²) in [5, 5.41) is 17.0. The SMILES string of the molecule is C=C/C(NC)=C(C)/N=C(/C=C(\C)NCC(CC)CCCC)c1ccccc1O. The summed E-state index contributed by atoms with van der Waals surface area (Å²) in [6, 6.07) is 7.29. The van der Waals surface area contributed by atoms with E-state index in [1.54, 1.807) is 12.1 Å². The minimum Gasteiger partial charge on any atom is -0.507 e. The standard InChI is InChI=1S/C24H37N3O/c1-7-10-13-20(8-2)17-26-18(4)16-23(21-14-11-12-15-24(21)28)27-19(5)22(9-3)25-6/h9,11-12,14-16,20,25-26,28H,3,7-8,10,13,17H2,1-2,4-6H3/b18-16+,22-19-,27-23-. The van der Waals surface area contributed by atoms with E-state index in [1.165, 1.54) is 25.7 Å². The smallest absolute Gasteiger partial charge is 0.124 e. The topological polar surface area (TPSA) is 56.7 Å². The summed E-state index contributed by atoms with van der Waals surface area (Å²) < 4.78 is 0. The number of rotatable bonds is 12. The van der Waals surface area contributed by atoms with Crippen LogP contribution in [-0.2, 0) is 0 Å². The number of para-hydroxylation sites is 1. The number of likely N-dealkylation sites (N-methyl/N-ethyl adjacent to an activating group) is 1. The molecule has 1 aromatic rings. The minimum absolute atomic E-state index is 0.220. The van der Waals surface area contributed by atoms with Gasteiger partial charge in [-0.2, -0.15) is 0 Å². The Hall–Kier alpha value is -2.49. The van der Waals surface area contributed by atoms with Crippen molar-refractivity contribution in [3.05, 3.63) is 65.7 Å². The number of phenols is 1. The molecule has 0 spiro atoms. The van der Waals surface area contributed by atoms with Crippen LogP contribution in [-0.4, -0.2) is 24.4 Å². The van der Waals surface area contributed by atoms with Gasteiger partial charge < -0.3 is 15.7 Å². The molecule has 28 heavy (non-hydrogen) atoms. The zero-order valence-electron chi connectivity index (χ0n) is 18.2. The predicted octanol–water partition coefficient (Wildman–Crippen LogP) is 5.53. The highest BCUT2D eigenvalue weighted by Gasteiger charge is 2.09. The zero-order chi connectivity index (χ0) is 20.9. The van der Waals surface area contributed by atoms with Crippen molar-refractivity contribution in [1.82, 2.24) is 10.6 Å². The van der Waals surface area contributed by atoms with Gasteiger partial charge in [0.2, 0.25) is 0 Å². The average Bonchev–Trinajstić information content (AvgIpc) is 2.69. The van der Waals surface area contributed by atoms with E-state index in [-0.39, 0.29) is 5.75 Å². The molecule has 1 aromatic carbocycles. The first-order valence-corrected chi connectivity index (χ1v) is 10.3. The lowest BCUT2D eigenvalue weighted by Crippen LogP contribution is -2.21. The molecule has 154 valence electrons. The minimum atomic E-state index is 0.220. The van der Waals surface area contributed by atoms with Crippen LogP contribution in [0.25, 0.3) is 0 Å². The van der Waals surface area contributed by atoms with E-state index in [0.717, 1.165) is 29.3 Å². The molecule has 0 bridgehead atoms. The fourth-order valence-electron chi connectivity index (χ4n) is 3.04. The molecule has 0 saturated heterocycles. The Morgan fingerprint density at radius 3 is 2.54 bits per heavy atom. The van der Waals surface area contributed by atoms with Crippen molar-refractivity contribution in [1.29, 1.82) is 0 Å². The number of hydrogen-bond acceptors (Lipinski definition) is 4. The third kappa shape index (κ3) is 7.63. The Kier molecular flexibility index (Phi) is 10.8. The Bertz CT molecular complexity index is 716. The molecule has 0 saturated carbocycles. The van der Waals surface area contributed by atoms with Crippen molar-refractivity contribution < 1.29 is 5.11 Å². The third-order valence-electron chi connectivity index (χ3n) is 4.90. The van der Waals surface area contributed by atoms with E-state index in [4.69, 9.17) is 4.99 Å². The van der Waals surface area contributed by atoms with Gasteiger partial charge in [-0.3, -0.25) is 4.99 Å². The van der Waals surface area contributed by atoms with E-state index in [0.29, 0.717) is 11.5 Å². The lowest BCUT2D eigenvalue weighted by Gasteiger charge is -2.17. The average molecular weight is 384 g/mol. The first-order chi connectivity index (χ1) is 13.5. The van der Waals surface area contributed by atoms with Crippen LogP contribution in [0.1, 0.15) is 58.9 Å². The van der Waals surface area contributed by atoms with Crippen LogP contribution in [0.5, 0.6) is 5.75 Å². The van der Waals surface area contributed by atoms with Gasteiger partial charge in [0, 0.05) is 24.9 Å². The van der Waals surface area contributed by atoms with Crippen molar-refractivity contribution in [2.24, 2.45) is 10.9 Å². The molecule has 0 amide bonds. The molecule has 0 aliphatic heterocycles. The van der Waals surface area contributed by atoms with Crippen LogP contribution in [0.2, 0.25) is 0 Å². The zero-order valence-corrected chi connectivity index (χ0v) is 18.2. The van der Waals surface area contributed by atoms with E-state index in [9.17, 15) is 5.11 Å². The summed E-state index contributed by atoms with van der Waals surface area (Å²) in [5.41, 5.74) is 4.14. The van der Waals surface area contributed by atoms with Gasteiger partial charge in [0.05, 0.1) is 17.1 Å². The molecule has 0 radical (unpaired) electrons. The van der Waals surface area contributed by atoms with Gasteiger partial charge in [0.25, 0.3) is 0 Å². The van der Waals surface area contributed by atoms with Crippen LogP contribution < -0.4 is 10.6 Å². The molecule has 0 heterocycles. The van der Waals surface area contributed by atoms with Gasteiger partial charge in [-0.15, -0.1) is 0 Å². The highest BCUT2D eigenvalue weighted by molar-refractivity contribution is 6.11. The van der Waals surface area contributed by atoms with E-state index in [2.05, 4.69) is 31.1 Å². The summed E-state index contributed by atoms with van der Waals surface area (Å²) in [6.45, 7) is 13.2. The van der Waals surface area contributed by atoms with Crippen LogP contribution >= 0.6 is 0 Å². The molecule has 1 rings (SSSR count). The molecule has 0 aliphatic rings. The van der Waals surface area contributed by atoms with Crippen molar-refractivity contribution in [2.75, 3.05) is 13.6 Å². The fourth-order valence-corrected chi connectivity index (χ4v) is 3.04. The van der Waals surface area contributed by atoms with Gasteiger partial charge in [-0.1, -0.05) is 51.8 Å². The Morgan fingerprint density at radius 2 is 1.96 bits per heavy atom. The lowest BCUT2D eigenvalue weighted by molar-refractivity contribution is 0.435. The Morgan fingerprint density at radius 1 is 1.25 bits per heavy atom. The highest BCUT2D eigenvalue weighted by Crippen LogP contribution is 2.20. The number of aliphatic imine (C=N–C) groups is 1. The summed E-state index contributed by atoms with van der Waals surface area (Å²) in [4.78, 5) is 4.77. The monoisotopic (exact) mass is 383 g/mol. The normalized spacial score (nSPS) is 14.3. The van der Waals surface area contributed by atoms with Gasteiger partial charge in [0.1, 0.15) is 5.75 Å². The van der Waals surface area contributed by atoms with Crippen LogP contribution in [0, 0.1) is 5.92 Å². The molecule has 1 atom stereocenters. The van der Waals surface area contributed by atoms with E-state index in [1.807, 2.05) is 45.2 Å². The maximum absolute atomic E-state index is 10.3. The second-order valence-electron chi connectivity index (χ2n) is 7.09. The number of nitrogens with one attached hydrogen (secondary N) is 2. The second kappa shape index (κ2) is 12.8. The molecule has 3 N–H and O–H groups in total. The third-order valence-corrected chi connectivity index (χ3v) is 4.90. The predicted molar refractivity (Wildman–Crippen MR) is 122 cm³/mol. The number of benzene rings is 1. The maximum Gasteiger partial charge on any atom is 0.124 e. The molecule has 0 fully saturated rings. The Balaban J connectivity index is 3.15. The van der Waals surface area contributed by atoms with E-state index < -0.39 is 0 Å². The molecule has 0 aromatic heterocycles. The Labute approximate surface area is 171 Å². The molecule has 4 heteroatoms. The number of unbranched alkanes of at least 4 members (excludes halogenated alkanes) is 1. The first-order valence-electron chi connectivity index (χ1n) is 10.3. The number of nitrogens with zero attached hydrogens (tertiary/aromatic N) is 1. The fraction of sp³-hybridized carbons (Fsp3) is 0.458. The van der Waals surface area contributed by atoms with Crippen LogP contribution in [0.3, 0.4) is 0 Å². The summed E-state index contributed by atoms with van der Waals surface area (Å²) in [7, 11) is 1.85. The number of aromatic hydroxyl groups is 1. The summed E-state index contributed by atoms with van der Waals surface area (Å²) >= 11 is 0. The lowest BCUT2D eigenvalue weighted by atomic mass is 9.99. The summed E-state index contributed by atoms with van der Waals surface area (Å²) in [6.07, 6.45) is 8.68. The van der Waals surface area contributed by atoms with Crippen LogP contribution in [0.4, 0.5) is 0 Å².